The number of para-hydroxylation sites is 1. The minimum Gasteiger partial charge on any atom is -0.344 e. The predicted octanol–water partition coefficient (Wildman–Crippen LogP) is 30.3. The molecule has 0 N–H and O–H groups in total. The van der Waals surface area contributed by atoms with Gasteiger partial charge in [-0.25, -0.2) is 22.3 Å². The van der Waals surface area contributed by atoms with Gasteiger partial charge >= 0.3 is 0 Å². The van der Waals surface area contributed by atoms with Crippen molar-refractivity contribution in [2.75, 3.05) is 0 Å². The predicted molar refractivity (Wildman–Crippen MR) is 439 cm³/mol. The van der Waals surface area contributed by atoms with Gasteiger partial charge in [0.2, 0.25) is 0 Å². The molecule has 0 aliphatic heterocycles. The summed E-state index contributed by atoms with van der Waals surface area (Å²) in [6, 6.07) is 88.1. The van der Waals surface area contributed by atoms with Crippen LogP contribution in [0.5, 0.6) is 0 Å². The summed E-state index contributed by atoms with van der Waals surface area (Å²) in [5.41, 5.74) is 18.7. The smallest absolute Gasteiger partial charge is 0.0488 e. The Morgan fingerprint density at radius 2 is 0.546 bits per heavy atom. The second-order valence-electron chi connectivity index (χ2n) is 20.2. The molecular weight excluding hydrogens is 1320 g/mol. The van der Waals surface area contributed by atoms with Crippen LogP contribution in [0.4, 0.5) is 0 Å². The molecule has 0 aliphatic rings. The summed E-state index contributed by atoms with van der Waals surface area (Å²) in [5.74, 6) is 0. The second kappa shape index (κ2) is 57.6. The minimum atomic E-state index is 0. The van der Waals surface area contributed by atoms with Crippen LogP contribution >= 0.6 is 0 Å². The van der Waals surface area contributed by atoms with E-state index in [0.29, 0.717) is 0 Å². The third-order valence-corrected chi connectivity index (χ3v) is 13.9. The number of nitrogens with zero attached hydrogens (tertiary/aromatic N) is 1. The van der Waals surface area contributed by atoms with Crippen molar-refractivity contribution in [2.24, 2.45) is 7.05 Å². The molecule has 0 saturated heterocycles. The van der Waals surface area contributed by atoms with Gasteiger partial charge in [0.15, 0.2) is 0 Å². The van der Waals surface area contributed by atoms with E-state index < -0.39 is 0 Å². The molecule has 13 rings (SSSR count). The van der Waals surface area contributed by atoms with Gasteiger partial charge in [-0.05, 0) is 101 Å². The largest absolute Gasteiger partial charge is 0.344 e. The Balaban J connectivity index is -0.000000520. The minimum absolute atomic E-state index is 0. The maximum atomic E-state index is 3.24. The molecule has 1 nitrogen and oxygen atoms in total. The topological polar surface area (TPSA) is 4.93 Å². The van der Waals surface area contributed by atoms with Crippen molar-refractivity contribution in [3.05, 3.63) is 287 Å². The third-order valence-electron chi connectivity index (χ3n) is 13.9. The number of benzene rings is 12. The van der Waals surface area contributed by atoms with Crippen molar-refractivity contribution >= 4 is 64.9 Å². The first-order chi connectivity index (χ1) is 46.3. The molecule has 1 aromatic heterocycles. The fourth-order valence-corrected chi connectivity index (χ4v) is 9.81. The van der Waals surface area contributed by atoms with E-state index in [1.807, 2.05) is 163 Å². The Morgan fingerprint density at radius 1 is 0.227 bits per heavy atom. The summed E-state index contributed by atoms with van der Waals surface area (Å²) < 4.78 is 2.25. The Bertz CT molecular complexity index is 3960. The van der Waals surface area contributed by atoms with Gasteiger partial charge in [-0.15, -0.1) is 34.4 Å². The van der Waals surface area contributed by atoms with E-state index in [0.717, 1.165) is 22.3 Å². The van der Waals surface area contributed by atoms with Gasteiger partial charge in [0.05, 0.1) is 0 Å². The summed E-state index contributed by atoms with van der Waals surface area (Å²) in [7, 11) is 2.12. The molecule has 3 heteroatoms. The standard InChI is InChI=1S/2C16H14.C14H13N.2C14H12.10C2H6.2Y/c1-11-3-7-15-13(9-11)5-6-14-10-12(2)4-8-16(14)15;1-11-7-8-13-10-12(2)14-5-3-4-6-15(14)16(13)9-11;1-10-7-8-14-12(9-10)11-5-3-4-6-13(11)15(14)2;1-11-3-7-13(8-4-11)14-9-5-12(2)6-10-14;1-11-5-3-7-13(9-11)14-8-4-6-12(2)10-14;10*1-2;;/h2*3-10H,1-2H3;3-9H,1-2H3;3-7,9H,1-2H3;3-6,9-10H,1-2H3;10*1-2H3;;/q;;;2*-2;;;;;;;;;;;;. The van der Waals surface area contributed by atoms with Crippen molar-refractivity contribution < 1.29 is 65.4 Å². The molecule has 2 radical (unpaired) electrons. The molecule has 0 unspecified atom stereocenters. The number of rotatable bonds is 2. The average molecular weight is 1450 g/mol. The van der Waals surface area contributed by atoms with Gasteiger partial charge in [0.1, 0.15) is 0 Å². The zero-order chi connectivity index (χ0) is 72.6. The molecule has 97 heavy (non-hydrogen) atoms. The number of fused-ring (bicyclic) bond motifs is 9. The summed E-state index contributed by atoms with van der Waals surface area (Å²) in [6.07, 6.45) is 0. The van der Waals surface area contributed by atoms with Gasteiger partial charge in [-0.3, -0.25) is 0 Å². The summed E-state index contributed by atoms with van der Waals surface area (Å²) in [6.45, 7) is 59.1. The first kappa shape index (κ1) is 97.1. The fourth-order valence-electron chi connectivity index (χ4n) is 9.81. The molecule has 13 aromatic rings. The molecule has 0 saturated carbocycles. The molecular formula is C94H125NY2-4. The Labute approximate surface area is 645 Å². The first-order valence-electron chi connectivity index (χ1n) is 35.9. The molecule has 1 heterocycles. The van der Waals surface area contributed by atoms with Gasteiger partial charge in [-0.1, -0.05) is 310 Å². The van der Waals surface area contributed by atoms with Crippen LogP contribution in [-0.2, 0) is 72.5 Å². The van der Waals surface area contributed by atoms with Crippen molar-refractivity contribution in [1.82, 2.24) is 4.57 Å². The van der Waals surface area contributed by atoms with E-state index in [4.69, 9.17) is 0 Å². The summed E-state index contributed by atoms with van der Waals surface area (Å²) in [4.78, 5) is 0. The van der Waals surface area contributed by atoms with Gasteiger partial charge in [0, 0.05) is 94.3 Å². The quantitative estimate of drug-likeness (QED) is 0.120. The number of aromatic nitrogens is 1. The molecule has 12 aromatic carbocycles. The normalized spacial score (nSPS) is 8.97. The Kier molecular flexibility index (Phi) is 57.6. The van der Waals surface area contributed by atoms with E-state index >= 15 is 0 Å². The van der Waals surface area contributed by atoms with Crippen LogP contribution < -0.4 is 0 Å². The first-order valence-corrected chi connectivity index (χ1v) is 35.9. The van der Waals surface area contributed by atoms with E-state index in [9.17, 15) is 0 Å². The van der Waals surface area contributed by atoms with Crippen LogP contribution in [0.2, 0.25) is 0 Å². The molecule has 0 fully saturated rings. The Hall–Kier alpha value is -6.31. The number of hydrogen-bond acceptors (Lipinski definition) is 0. The SMILES string of the molecule is CC.CC.CC.CC.CC.CC.CC.CC.CC.CC.Cc1c[c-]c(-c2[c-]cc(C)cc2)cc1.Cc1cc[c-]c(-c2[c-]ccc(C)c2)c1.Cc1ccc2c(c1)c1ccccc1n2C.Cc1ccc2c(ccc3cc(C)ccc32)c1.Cc1ccc2cc(C)c3ccccc3c2c1.[Y].[Y]. The fraction of sp³-hybridized carbons (Fsp3) is 0.319. The average Bonchev–Trinajstić information content (AvgIpc) is 1.76. The molecule has 516 valence electrons. The van der Waals surface area contributed by atoms with E-state index in [1.54, 1.807) is 0 Å². The van der Waals surface area contributed by atoms with Crippen molar-refractivity contribution in [2.45, 2.75) is 201 Å². The summed E-state index contributed by atoms with van der Waals surface area (Å²) in [5, 5.41) is 13.5. The zero-order valence-corrected chi connectivity index (χ0v) is 72.0. The van der Waals surface area contributed by atoms with E-state index in [2.05, 4.69) is 286 Å². The number of hydrogen-bond donors (Lipinski definition) is 0. The monoisotopic (exact) mass is 1450 g/mol. The molecule has 0 atom stereocenters. The van der Waals surface area contributed by atoms with Crippen LogP contribution in [0.1, 0.15) is 189 Å². The third kappa shape index (κ3) is 31.2. The van der Waals surface area contributed by atoms with Gasteiger partial charge in [-0.2, -0.15) is 84.9 Å². The zero-order valence-electron chi connectivity index (χ0n) is 66.3. The van der Waals surface area contributed by atoms with Crippen LogP contribution in [0.25, 0.3) is 87.1 Å². The number of aryl methyl sites for hydroxylation is 10. The van der Waals surface area contributed by atoms with E-state index in [1.165, 1.54) is 115 Å². The van der Waals surface area contributed by atoms with Gasteiger partial charge < -0.3 is 4.57 Å². The van der Waals surface area contributed by atoms with Crippen LogP contribution in [-0.4, -0.2) is 4.57 Å². The van der Waals surface area contributed by atoms with Crippen LogP contribution in [0.3, 0.4) is 0 Å². The Morgan fingerprint density at radius 3 is 0.959 bits per heavy atom. The molecule has 0 amide bonds. The van der Waals surface area contributed by atoms with Crippen LogP contribution in [0, 0.1) is 86.6 Å². The van der Waals surface area contributed by atoms with Gasteiger partial charge in [0.25, 0.3) is 0 Å². The molecule has 0 bridgehead atoms. The maximum Gasteiger partial charge on any atom is 0.0488 e. The summed E-state index contributed by atoms with van der Waals surface area (Å²) >= 11 is 0. The second-order valence-corrected chi connectivity index (χ2v) is 20.2. The maximum absolute atomic E-state index is 3.24. The molecule has 0 aliphatic carbocycles. The van der Waals surface area contributed by atoms with Crippen molar-refractivity contribution in [3.8, 4) is 22.3 Å². The van der Waals surface area contributed by atoms with Crippen LogP contribution in [0.15, 0.2) is 212 Å². The van der Waals surface area contributed by atoms with E-state index in [-0.39, 0.29) is 65.4 Å². The molecule has 0 spiro atoms. The van der Waals surface area contributed by atoms with Crippen molar-refractivity contribution in [1.29, 1.82) is 0 Å². The van der Waals surface area contributed by atoms with Crippen molar-refractivity contribution in [3.63, 3.8) is 0 Å².